The summed E-state index contributed by atoms with van der Waals surface area (Å²) >= 11 is 0. The van der Waals surface area contributed by atoms with E-state index in [-0.39, 0.29) is 13.2 Å². The molecule has 0 amide bonds. The van der Waals surface area contributed by atoms with Gasteiger partial charge in [0.05, 0.1) is 13.2 Å². The highest BCUT2D eigenvalue weighted by Gasteiger charge is 2.04. The number of aliphatic hydroxyl groups excluding tert-OH is 1. The van der Waals surface area contributed by atoms with Crippen molar-refractivity contribution < 1.29 is 9.94 Å². The van der Waals surface area contributed by atoms with Crippen LogP contribution in [0.4, 0.5) is 0 Å². The van der Waals surface area contributed by atoms with E-state index in [0.717, 1.165) is 0 Å². The third kappa shape index (κ3) is 4.01. The van der Waals surface area contributed by atoms with Crippen LogP contribution in [0.5, 0.6) is 0 Å². The van der Waals surface area contributed by atoms with Crippen LogP contribution in [0.25, 0.3) is 0 Å². The van der Waals surface area contributed by atoms with Crippen molar-refractivity contribution in [2.45, 2.75) is 6.04 Å². The van der Waals surface area contributed by atoms with E-state index in [0.29, 0.717) is 0 Å². The van der Waals surface area contributed by atoms with Gasteiger partial charge in [-0.05, 0) is 0 Å². The molecule has 1 unspecified atom stereocenters. The van der Waals surface area contributed by atoms with Gasteiger partial charge in [0.15, 0.2) is 0 Å². The molecule has 0 aromatic carbocycles. The highest BCUT2D eigenvalue weighted by atomic mass is 16.6. The van der Waals surface area contributed by atoms with E-state index < -0.39 is 6.04 Å². The van der Waals surface area contributed by atoms with E-state index >= 15 is 0 Å². The van der Waals surface area contributed by atoms with Crippen LogP contribution in [0.15, 0.2) is 5.18 Å². The maximum Gasteiger partial charge on any atom is 0.140 e. The summed E-state index contributed by atoms with van der Waals surface area (Å²) in [6.45, 7) is -0.165. The van der Waals surface area contributed by atoms with E-state index in [4.69, 9.17) is 5.11 Å². The second kappa shape index (κ2) is 5.61. The highest BCUT2D eigenvalue weighted by Crippen LogP contribution is 1.86. The van der Waals surface area contributed by atoms with Crippen molar-refractivity contribution in [2.75, 3.05) is 20.3 Å². The Kier molecular flexibility index (Phi) is 5.29. The number of nitrogens with zero attached hydrogens (tertiary/aromatic N) is 1. The maximum atomic E-state index is 9.72. The summed E-state index contributed by atoms with van der Waals surface area (Å²) in [5.41, 5.74) is 2.36. The lowest BCUT2D eigenvalue weighted by Crippen LogP contribution is -2.21. The number of rotatable bonds is 5. The molecule has 0 saturated carbocycles. The summed E-state index contributed by atoms with van der Waals surface area (Å²) in [6.07, 6.45) is 0. The van der Waals surface area contributed by atoms with E-state index in [1.807, 2.05) is 0 Å². The molecule has 0 aromatic rings. The van der Waals surface area contributed by atoms with Gasteiger partial charge >= 0.3 is 0 Å². The lowest BCUT2D eigenvalue weighted by molar-refractivity contribution is 0.0377. The molecule has 9 heavy (non-hydrogen) atoms. The van der Waals surface area contributed by atoms with Gasteiger partial charge in [0, 0.05) is 7.05 Å². The van der Waals surface area contributed by atoms with Crippen molar-refractivity contribution in [3.8, 4) is 0 Å². The van der Waals surface area contributed by atoms with E-state index in [1.165, 1.54) is 0 Å². The van der Waals surface area contributed by atoms with Gasteiger partial charge in [-0.1, -0.05) is 5.18 Å². The average Bonchev–Trinajstić information content (AvgIpc) is 1.91. The molecule has 0 aliphatic carbocycles. The first kappa shape index (κ1) is 8.48. The van der Waals surface area contributed by atoms with Crippen molar-refractivity contribution in [1.29, 1.82) is 0 Å². The molecular formula is C4H10N2O3. The zero-order valence-electron chi connectivity index (χ0n) is 5.20. The molecule has 54 valence electrons. The molecular weight excluding hydrogens is 124 g/mol. The van der Waals surface area contributed by atoms with Crippen LogP contribution in [0.2, 0.25) is 0 Å². The minimum atomic E-state index is -0.655. The van der Waals surface area contributed by atoms with Crippen LogP contribution in [-0.2, 0) is 4.84 Å². The van der Waals surface area contributed by atoms with Crippen LogP contribution in [0.3, 0.4) is 0 Å². The zero-order chi connectivity index (χ0) is 7.11. The van der Waals surface area contributed by atoms with Crippen LogP contribution in [0, 0.1) is 4.91 Å². The Hall–Kier alpha value is -0.520. The van der Waals surface area contributed by atoms with Crippen LogP contribution < -0.4 is 5.48 Å². The first-order valence-corrected chi connectivity index (χ1v) is 2.57. The molecule has 0 bridgehead atoms. The molecule has 1 atom stereocenters. The molecule has 0 aliphatic rings. The molecule has 0 rings (SSSR count). The van der Waals surface area contributed by atoms with E-state index in [9.17, 15) is 4.91 Å². The Balaban J connectivity index is 3.20. The highest BCUT2D eigenvalue weighted by molar-refractivity contribution is 4.60. The fourth-order valence-electron chi connectivity index (χ4n) is 0.296. The fraction of sp³-hybridized carbons (Fsp3) is 1.00. The predicted molar refractivity (Wildman–Crippen MR) is 31.7 cm³/mol. The summed E-state index contributed by atoms with van der Waals surface area (Å²) in [4.78, 5) is 14.3. The normalized spacial score (nSPS) is 13.1. The Morgan fingerprint density at radius 2 is 2.56 bits per heavy atom. The standard InChI is InChI=1S/C4H10N2O3/c1-5-9-3-4(2-7)6-8/h4-5,7H,2-3H2,1H3. The quantitative estimate of drug-likeness (QED) is 0.384. The second-order valence-corrected chi connectivity index (χ2v) is 1.46. The first-order valence-electron chi connectivity index (χ1n) is 2.57. The number of nitroso groups, excluding NO2 is 1. The molecule has 0 radical (unpaired) electrons. The summed E-state index contributed by atoms with van der Waals surface area (Å²) in [5.74, 6) is 0. The molecule has 5 nitrogen and oxygen atoms in total. The lowest BCUT2D eigenvalue weighted by Gasteiger charge is -2.03. The Morgan fingerprint density at radius 3 is 2.89 bits per heavy atom. The van der Waals surface area contributed by atoms with Crippen molar-refractivity contribution >= 4 is 0 Å². The lowest BCUT2D eigenvalue weighted by atomic mass is 10.4. The molecule has 0 aromatic heterocycles. The average molecular weight is 134 g/mol. The van der Waals surface area contributed by atoms with Gasteiger partial charge in [-0.2, -0.15) is 4.91 Å². The summed E-state index contributed by atoms with van der Waals surface area (Å²) in [5, 5.41) is 10.9. The zero-order valence-corrected chi connectivity index (χ0v) is 5.20. The predicted octanol–water partition coefficient (Wildman–Crippen LogP) is -0.735. The number of hydroxylamine groups is 1. The molecule has 2 N–H and O–H groups in total. The van der Waals surface area contributed by atoms with Crippen molar-refractivity contribution in [3.05, 3.63) is 4.91 Å². The summed E-state index contributed by atoms with van der Waals surface area (Å²) < 4.78 is 0. The first-order chi connectivity index (χ1) is 4.35. The Bertz CT molecular complexity index is 78.2. The SMILES string of the molecule is CNOCC(CO)N=O. The third-order valence-corrected chi connectivity index (χ3v) is 0.780. The van der Waals surface area contributed by atoms with Gasteiger partial charge in [-0.15, -0.1) is 0 Å². The van der Waals surface area contributed by atoms with Gasteiger partial charge in [0.2, 0.25) is 0 Å². The molecule has 0 fully saturated rings. The number of hydrogen-bond acceptors (Lipinski definition) is 5. The Labute approximate surface area is 52.9 Å². The van der Waals surface area contributed by atoms with Gasteiger partial charge < -0.3 is 5.11 Å². The van der Waals surface area contributed by atoms with Gasteiger partial charge in [0.25, 0.3) is 0 Å². The fourth-order valence-corrected chi connectivity index (χ4v) is 0.296. The van der Waals surface area contributed by atoms with Crippen LogP contribution >= 0.6 is 0 Å². The number of aliphatic hydroxyl groups is 1. The molecule has 5 heteroatoms. The summed E-state index contributed by atoms with van der Waals surface area (Å²) in [6, 6.07) is -0.655. The van der Waals surface area contributed by atoms with E-state index in [1.54, 1.807) is 7.05 Å². The monoisotopic (exact) mass is 134 g/mol. The Morgan fingerprint density at radius 1 is 1.89 bits per heavy atom. The third-order valence-electron chi connectivity index (χ3n) is 0.780. The minimum Gasteiger partial charge on any atom is -0.394 e. The number of nitrogens with one attached hydrogen (secondary N) is 1. The van der Waals surface area contributed by atoms with Crippen LogP contribution in [-0.4, -0.2) is 31.4 Å². The van der Waals surface area contributed by atoms with E-state index in [2.05, 4.69) is 15.5 Å². The smallest absolute Gasteiger partial charge is 0.140 e. The molecule has 0 saturated heterocycles. The van der Waals surface area contributed by atoms with Crippen molar-refractivity contribution in [2.24, 2.45) is 5.18 Å². The molecule has 0 heterocycles. The molecule has 0 spiro atoms. The second-order valence-electron chi connectivity index (χ2n) is 1.46. The summed E-state index contributed by atoms with van der Waals surface area (Å²) in [7, 11) is 1.57. The number of hydrogen-bond donors (Lipinski definition) is 2. The van der Waals surface area contributed by atoms with Gasteiger partial charge in [0.1, 0.15) is 6.04 Å². The van der Waals surface area contributed by atoms with Crippen molar-refractivity contribution in [3.63, 3.8) is 0 Å². The van der Waals surface area contributed by atoms with Gasteiger partial charge in [-0.25, -0.2) is 5.48 Å². The largest absolute Gasteiger partial charge is 0.394 e. The van der Waals surface area contributed by atoms with Crippen LogP contribution in [0.1, 0.15) is 0 Å². The van der Waals surface area contributed by atoms with Crippen molar-refractivity contribution in [1.82, 2.24) is 5.48 Å². The molecule has 0 aliphatic heterocycles. The maximum absolute atomic E-state index is 9.72. The minimum absolute atomic E-state index is 0.108. The van der Waals surface area contributed by atoms with Gasteiger partial charge in [-0.3, -0.25) is 4.84 Å². The topological polar surface area (TPSA) is 70.9 Å².